The van der Waals surface area contributed by atoms with Gasteiger partial charge in [0.05, 0.1) is 31.3 Å². The third-order valence-electron chi connectivity index (χ3n) is 5.20. The van der Waals surface area contributed by atoms with Gasteiger partial charge in [-0.05, 0) is 43.3 Å². The predicted molar refractivity (Wildman–Crippen MR) is 129 cm³/mol. The zero-order chi connectivity index (χ0) is 21.8. The van der Waals surface area contributed by atoms with Crippen molar-refractivity contribution in [1.29, 1.82) is 0 Å². The first kappa shape index (κ1) is 22.3. The van der Waals surface area contributed by atoms with Crippen molar-refractivity contribution in [1.82, 2.24) is 9.88 Å². The summed E-state index contributed by atoms with van der Waals surface area (Å²) in [5, 5.41) is 10.3. The molecule has 9 heteroatoms. The molecule has 0 saturated carbocycles. The molecule has 31 heavy (non-hydrogen) atoms. The largest absolute Gasteiger partial charge is 0.385 e. The third-order valence-corrected chi connectivity index (χ3v) is 7.93. The Bertz CT molecular complexity index is 1070. The Morgan fingerprint density at radius 1 is 1.23 bits per heavy atom. The van der Waals surface area contributed by atoms with Gasteiger partial charge in [0.2, 0.25) is 0 Å². The lowest BCUT2D eigenvalue weighted by atomic mass is 9.97. The monoisotopic (exact) mass is 493 g/mol. The first-order valence-corrected chi connectivity index (χ1v) is 12.4. The van der Waals surface area contributed by atoms with Gasteiger partial charge in [-0.3, -0.25) is 4.79 Å². The van der Waals surface area contributed by atoms with Gasteiger partial charge in [0.15, 0.2) is 6.61 Å². The highest BCUT2D eigenvalue weighted by atomic mass is 35.5. The molecular weight excluding hydrogens is 473 g/mol. The molecule has 5 nitrogen and oxygen atoms in total. The summed E-state index contributed by atoms with van der Waals surface area (Å²) in [5.74, 6) is 0.322. The molecule has 0 unspecified atom stereocenters. The number of thiazole rings is 1. The minimum absolute atomic E-state index is 0.0307. The van der Waals surface area contributed by atoms with Crippen LogP contribution in [0.4, 0.5) is 0 Å². The summed E-state index contributed by atoms with van der Waals surface area (Å²) in [7, 11) is 0. The van der Waals surface area contributed by atoms with E-state index >= 15 is 0 Å². The van der Waals surface area contributed by atoms with Gasteiger partial charge in [-0.1, -0.05) is 40.5 Å². The maximum Gasteiger partial charge on any atom is 0.263 e. The van der Waals surface area contributed by atoms with Crippen molar-refractivity contribution in [3.63, 3.8) is 0 Å². The maximum absolute atomic E-state index is 12.5. The zero-order valence-corrected chi connectivity index (χ0v) is 20.0. The molecule has 2 aromatic heterocycles. The average molecular weight is 494 g/mol. The molecule has 0 radical (unpaired) electrons. The molecule has 4 rings (SSSR count). The second-order valence-corrected chi connectivity index (χ2v) is 9.93. The van der Waals surface area contributed by atoms with Crippen molar-refractivity contribution in [2.24, 2.45) is 5.16 Å². The molecule has 3 aromatic rings. The van der Waals surface area contributed by atoms with Crippen molar-refractivity contribution in [2.45, 2.75) is 25.7 Å². The van der Waals surface area contributed by atoms with E-state index in [1.165, 1.54) is 0 Å². The summed E-state index contributed by atoms with van der Waals surface area (Å²) in [6.45, 7) is 3.23. The highest BCUT2D eigenvalue weighted by Gasteiger charge is 2.26. The van der Waals surface area contributed by atoms with Crippen molar-refractivity contribution in [3.8, 4) is 11.3 Å². The molecule has 162 valence electrons. The fourth-order valence-corrected chi connectivity index (χ4v) is 5.41. The zero-order valence-electron chi connectivity index (χ0n) is 16.9. The number of halogens is 2. The number of aromatic nitrogens is 1. The molecule has 0 N–H and O–H groups in total. The fraction of sp³-hybridized carbons (Fsp3) is 0.318. The smallest absolute Gasteiger partial charge is 0.263 e. The minimum Gasteiger partial charge on any atom is -0.385 e. The summed E-state index contributed by atoms with van der Waals surface area (Å²) >= 11 is 15.4. The highest BCUT2D eigenvalue weighted by Crippen LogP contribution is 2.34. The quantitative estimate of drug-likeness (QED) is 0.298. The van der Waals surface area contributed by atoms with Crippen molar-refractivity contribution < 1.29 is 9.63 Å². The number of likely N-dealkylation sites (tertiary alicyclic amines) is 1. The van der Waals surface area contributed by atoms with Crippen LogP contribution in [0, 0.1) is 0 Å². The van der Waals surface area contributed by atoms with Gasteiger partial charge in [-0.15, -0.1) is 22.7 Å². The number of thiophene rings is 1. The number of nitrogens with zero attached hydrogens (tertiary/aromatic N) is 3. The summed E-state index contributed by atoms with van der Waals surface area (Å²) < 4.78 is 0. The van der Waals surface area contributed by atoms with E-state index in [2.05, 4.69) is 5.16 Å². The van der Waals surface area contributed by atoms with Crippen LogP contribution < -0.4 is 0 Å². The summed E-state index contributed by atoms with van der Waals surface area (Å²) in [6.07, 6.45) is 1.77. The van der Waals surface area contributed by atoms with Crippen LogP contribution in [0.2, 0.25) is 10.0 Å². The van der Waals surface area contributed by atoms with E-state index in [4.69, 9.17) is 33.0 Å². The molecule has 3 heterocycles. The fourth-order valence-electron chi connectivity index (χ4n) is 3.44. The molecule has 0 spiro atoms. The minimum atomic E-state index is -0.0356. The van der Waals surface area contributed by atoms with Crippen LogP contribution in [0.15, 0.2) is 46.2 Å². The first-order valence-electron chi connectivity index (χ1n) is 9.90. The standard InChI is InChI=1S/C22H21Cl2N3O2S2/c1-14(20-3-2-10-30-20)26-29-12-21(28)27-8-6-15(7-9-27)22-25-19(13-31-22)16-4-5-17(23)18(24)11-16/h2-5,10-11,13,15H,6-9,12H2,1H3/b26-14-. The van der Waals surface area contributed by atoms with Gasteiger partial charge >= 0.3 is 0 Å². The summed E-state index contributed by atoms with van der Waals surface area (Å²) in [4.78, 5) is 25.4. The lowest BCUT2D eigenvalue weighted by Gasteiger charge is -2.30. The SMILES string of the molecule is C/C(=N/OCC(=O)N1CCC(c2nc(-c3ccc(Cl)c(Cl)c3)cs2)CC1)c1cccs1. The molecule has 1 saturated heterocycles. The van der Waals surface area contributed by atoms with E-state index in [1.54, 1.807) is 28.7 Å². The average Bonchev–Trinajstić information content (AvgIpc) is 3.48. The molecule has 0 atom stereocenters. The Hall–Kier alpha value is -1.93. The molecule has 1 aromatic carbocycles. The van der Waals surface area contributed by atoms with E-state index in [0.29, 0.717) is 29.1 Å². The van der Waals surface area contributed by atoms with Crippen LogP contribution in [0.1, 0.15) is 35.6 Å². The van der Waals surface area contributed by atoms with Crippen LogP contribution in [0.25, 0.3) is 11.3 Å². The van der Waals surface area contributed by atoms with Gasteiger partial charge < -0.3 is 9.74 Å². The van der Waals surface area contributed by atoms with Crippen molar-refractivity contribution >= 4 is 57.5 Å². The Balaban J connectivity index is 1.28. The molecular formula is C22H21Cl2N3O2S2. The van der Waals surface area contributed by atoms with Crippen LogP contribution in [-0.4, -0.2) is 41.2 Å². The normalized spacial score (nSPS) is 15.3. The number of hydrogen-bond donors (Lipinski definition) is 0. The highest BCUT2D eigenvalue weighted by molar-refractivity contribution is 7.12. The number of hydrogen-bond acceptors (Lipinski definition) is 6. The number of oxime groups is 1. The maximum atomic E-state index is 12.5. The third kappa shape index (κ3) is 5.47. The number of benzene rings is 1. The second-order valence-electron chi connectivity index (χ2n) is 7.28. The Morgan fingerprint density at radius 2 is 2.03 bits per heavy atom. The lowest BCUT2D eigenvalue weighted by Crippen LogP contribution is -2.39. The summed E-state index contributed by atoms with van der Waals surface area (Å²) in [5.41, 5.74) is 2.65. The van der Waals surface area contributed by atoms with Crippen LogP contribution in [0.5, 0.6) is 0 Å². The molecule has 1 aliphatic rings. The van der Waals surface area contributed by atoms with Gasteiger partial charge in [0, 0.05) is 30.0 Å². The molecule has 1 aliphatic heterocycles. The van der Waals surface area contributed by atoms with E-state index in [9.17, 15) is 4.79 Å². The Morgan fingerprint density at radius 3 is 2.74 bits per heavy atom. The van der Waals surface area contributed by atoms with Crippen molar-refractivity contribution in [3.05, 3.63) is 61.0 Å². The van der Waals surface area contributed by atoms with Crippen LogP contribution in [0.3, 0.4) is 0 Å². The molecule has 1 amide bonds. The number of carbonyl (C=O) groups is 1. The number of rotatable bonds is 6. The predicted octanol–water partition coefficient (Wildman–Crippen LogP) is 6.33. The van der Waals surface area contributed by atoms with Gasteiger partial charge in [-0.25, -0.2) is 4.98 Å². The van der Waals surface area contributed by atoms with E-state index in [-0.39, 0.29) is 12.5 Å². The van der Waals surface area contributed by atoms with Gasteiger partial charge in [0.25, 0.3) is 5.91 Å². The van der Waals surface area contributed by atoms with E-state index in [1.807, 2.05) is 46.8 Å². The molecule has 1 fully saturated rings. The van der Waals surface area contributed by atoms with Crippen LogP contribution in [-0.2, 0) is 9.63 Å². The number of piperidine rings is 1. The van der Waals surface area contributed by atoms with Crippen molar-refractivity contribution in [2.75, 3.05) is 19.7 Å². The van der Waals surface area contributed by atoms with E-state index < -0.39 is 0 Å². The summed E-state index contributed by atoms with van der Waals surface area (Å²) in [6, 6.07) is 9.50. The Kier molecular flexibility index (Phi) is 7.27. The number of carbonyl (C=O) groups excluding carboxylic acids is 1. The topological polar surface area (TPSA) is 54.8 Å². The Labute approximate surface area is 199 Å². The first-order chi connectivity index (χ1) is 15.0. The second kappa shape index (κ2) is 10.1. The van der Waals surface area contributed by atoms with Gasteiger partial charge in [0.1, 0.15) is 0 Å². The van der Waals surface area contributed by atoms with Gasteiger partial charge in [-0.2, -0.15) is 0 Å². The van der Waals surface area contributed by atoms with Crippen LogP contribution >= 0.6 is 45.9 Å². The molecule has 0 aliphatic carbocycles. The number of amides is 1. The lowest BCUT2D eigenvalue weighted by molar-refractivity contribution is -0.137. The molecule has 0 bridgehead atoms. The van der Waals surface area contributed by atoms with E-state index in [0.717, 1.165) is 39.7 Å².